The molecule has 2 aromatic rings. The number of rotatable bonds is 3. The first kappa shape index (κ1) is 17.2. The van der Waals surface area contributed by atoms with Gasteiger partial charge in [0.2, 0.25) is 5.91 Å². The number of carbonyl (C=O) groups is 2. The third kappa shape index (κ3) is 3.91. The highest BCUT2D eigenvalue weighted by atomic mass is 35.5. The van der Waals surface area contributed by atoms with E-state index in [4.69, 9.17) is 11.6 Å². The molecule has 2 N–H and O–H groups in total. The van der Waals surface area contributed by atoms with E-state index in [9.17, 15) is 14.0 Å². The average Bonchev–Trinajstić information content (AvgIpc) is 2.92. The van der Waals surface area contributed by atoms with Gasteiger partial charge in [-0.2, -0.15) is 0 Å². The predicted molar refractivity (Wildman–Crippen MR) is 95.5 cm³/mol. The normalized spacial score (nSPS) is 16.8. The minimum absolute atomic E-state index is 0.218. The lowest BCUT2D eigenvalue weighted by Crippen LogP contribution is -2.43. The fraction of sp³-hybridized carbons (Fsp3) is 0.222. The fourth-order valence-corrected chi connectivity index (χ4v) is 2.91. The van der Waals surface area contributed by atoms with Crippen molar-refractivity contribution in [2.75, 3.05) is 16.8 Å². The van der Waals surface area contributed by atoms with E-state index in [1.54, 1.807) is 30.3 Å². The lowest BCUT2D eigenvalue weighted by atomic mass is 10.2. The van der Waals surface area contributed by atoms with Gasteiger partial charge in [0.1, 0.15) is 11.9 Å². The molecule has 7 heteroatoms. The highest BCUT2D eigenvalue weighted by molar-refractivity contribution is 6.31. The summed E-state index contributed by atoms with van der Waals surface area (Å²) in [4.78, 5) is 26.2. The smallest absolute Gasteiger partial charge is 0.319 e. The summed E-state index contributed by atoms with van der Waals surface area (Å²) in [6.45, 7) is 2.31. The van der Waals surface area contributed by atoms with Gasteiger partial charge < -0.3 is 15.5 Å². The van der Waals surface area contributed by atoms with E-state index in [1.165, 1.54) is 17.0 Å². The molecular formula is C18H17ClFN3O2. The Kier molecular flexibility index (Phi) is 4.90. The Morgan fingerprint density at radius 3 is 2.68 bits per heavy atom. The Labute approximate surface area is 149 Å². The molecule has 1 saturated heterocycles. The van der Waals surface area contributed by atoms with Crippen LogP contribution in [-0.2, 0) is 4.79 Å². The van der Waals surface area contributed by atoms with Crippen LogP contribution in [0.2, 0.25) is 5.02 Å². The molecule has 1 fully saturated rings. The summed E-state index contributed by atoms with van der Waals surface area (Å²) in [6, 6.07) is 9.80. The van der Waals surface area contributed by atoms with E-state index in [1.807, 2.05) is 6.92 Å². The van der Waals surface area contributed by atoms with Crippen molar-refractivity contribution in [1.82, 2.24) is 5.32 Å². The average molecular weight is 362 g/mol. The monoisotopic (exact) mass is 361 g/mol. The molecule has 1 atom stereocenters. The summed E-state index contributed by atoms with van der Waals surface area (Å²) in [5, 5.41) is 5.90. The van der Waals surface area contributed by atoms with Gasteiger partial charge in [-0.05, 0) is 55.3 Å². The third-order valence-electron chi connectivity index (χ3n) is 4.10. The molecule has 0 aliphatic carbocycles. The maximum atomic E-state index is 13.0. The Bertz CT molecular complexity index is 810. The van der Waals surface area contributed by atoms with Crippen LogP contribution in [0, 0.1) is 12.7 Å². The summed E-state index contributed by atoms with van der Waals surface area (Å²) >= 11 is 5.93. The standard InChI is InChI=1S/C18H17ClFN3O2/c1-11-2-3-12(19)10-16(11)22-18(25)21-15-8-9-23(17(15)24)14-6-4-13(20)5-7-14/h2-7,10,15H,8-9H2,1H3,(H2,21,22,25)/t15-/m1/s1. The number of halogens is 2. The number of amides is 3. The molecule has 0 spiro atoms. The van der Waals surface area contributed by atoms with Gasteiger partial charge in [0, 0.05) is 22.9 Å². The molecule has 5 nitrogen and oxygen atoms in total. The van der Waals surface area contributed by atoms with E-state index in [0.717, 1.165) is 5.56 Å². The lowest BCUT2D eigenvalue weighted by molar-refractivity contribution is -0.118. The third-order valence-corrected chi connectivity index (χ3v) is 4.33. The van der Waals surface area contributed by atoms with Crippen molar-refractivity contribution >= 4 is 34.9 Å². The Balaban J connectivity index is 1.63. The molecule has 0 radical (unpaired) electrons. The number of benzene rings is 2. The van der Waals surface area contributed by atoms with E-state index < -0.39 is 12.1 Å². The van der Waals surface area contributed by atoms with Crippen molar-refractivity contribution in [3.05, 3.63) is 58.9 Å². The second kappa shape index (κ2) is 7.11. The van der Waals surface area contributed by atoms with Gasteiger partial charge in [-0.25, -0.2) is 9.18 Å². The summed E-state index contributed by atoms with van der Waals surface area (Å²) in [5.41, 5.74) is 2.07. The Morgan fingerprint density at radius 1 is 1.24 bits per heavy atom. The van der Waals surface area contributed by atoms with Crippen molar-refractivity contribution < 1.29 is 14.0 Å². The predicted octanol–water partition coefficient (Wildman–Crippen LogP) is 3.71. The van der Waals surface area contributed by atoms with Crippen molar-refractivity contribution in [1.29, 1.82) is 0 Å². The zero-order valence-electron chi connectivity index (χ0n) is 13.6. The molecule has 1 aliphatic rings. The van der Waals surface area contributed by atoms with E-state index >= 15 is 0 Å². The van der Waals surface area contributed by atoms with E-state index in [-0.39, 0.29) is 11.7 Å². The first-order valence-corrected chi connectivity index (χ1v) is 8.22. The van der Waals surface area contributed by atoms with Crippen molar-refractivity contribution in [2.45, 2.75) is 19.4 Å². The zero-order valence-corrected chi connectivity index (χ0v) is 14.3. The van der Waals surface area contributed by atoms with E-state index in [2.05, 4.69) is 10.6 Å². The molecule has 2 aromatic carbocycles. The topological polar surface area (TPSA) is 61.4 Å². The SMILES string of the molecule is Cc1ccc(Cl)cc1NC(=O)N[C@@H]1CCN(c2ccc(F)cc2)C1=O. The van der Waals surface area contributed by atoms with Gasteiger partial charge in [0.05, 0.1) is 0 Å². The molecule has 1 aliphatic heterocycles. The fourth-order valence-electron chi connectivity index (χ4n) is 2.74. The number of carbonyl (C=O) groups excluding carboxylic acids is 2. The molecule has 0 aromatic heterocycles. The molecule has 0 unspecified atom stereocenters. The highest BCUT2D eigenvalue weighted by Crippen LogP contribution is 2.23. The van der Waals surface area contributed by atoms with Crippen molar-refractivity contribution in [3.8, 4) is 0 Å². The number of hydrogen-bond acceptors (Lipinski definition) is 2. The van der Waals surface area contributed by atoms with Crippen LogP contribution < -0.4 is 15.5 Å². The number of urea groups is 1. The van der Waals surface area contributed by atoms with Gasteiger partial charge >= 0.3 is 6.03 Å². The van der Waals surface area contributed by atoms with Crippen LogP contribution >= 0.6 is 11.6 Å². The molecule has 25 heavy (non-hydrogen) atoms. The molecule has 0 bridgehead atoms. The number of aryl methyl sites for hydroxylation is 1. The van der Waals surface area contributed by atoms with E-state index in [0.29, 0.717) is 29.4 Å². The largest absolute Gasteiger partial charge is 0.326 e. The van der Waals surface area contributed by atoms with Gasteiger partial charge in [-0.1, -0.05) is 17.7 Å². The number of nitrogens with zero attached hydrogens (tertiary/aromatic N) is 1. The second-order valence-corrected chi connectivity index (χ2v) is 6.30. The van der Waals surface area contributed by atoms with Crippen LogP contribution in [0.4, 0.5) is 20.6 Å². The van der Waals surface area contributed by atoms with Crippen LogP contribution in [-0.4, -0.2) is 24.5 Å². The van der Waals surface area contributed by atoms with Crippen LogP contribution in [0.25, 0.3) is 0 Å². The zero-order chi connectivity index (χ0) is 18.0. The van der Waals surface area contributed by atoms with Crippen LogP contribution in [0.5, 0.6) is 0 Å². The van der Waals surface area contributed by atoms with Crippen molar-refractivity contribution in [3.63, 3.8) is 0 Å². The van der Waals surface area contributed by atoms with Crippen LogP contribution in [0.3, 0.4) is 0 Å². The summed E-state index contributed by atoms with van der Waals surface area (Å²) in [7, 11) is 0. The van der Waals surface area contributed by atoms with Crippen LogP contribution in [0.15, 0.2) is 42.5 Å². The Hall–Kier alpha value is -2.60. The minimum Gasteiger partial charge on any atom is -0.326 e. The molecule has 3 amide bonds. The number of nitrogens with one attached hydrogen (secondary N) is 2. The summed E-state index contributed by atoms with van der Waals surface area (Å²) in [6.07, 6.45) is 0.484. The lowest BCUT2D eigenvalue weighted by Gasteiger charge is -2.17. The first-order valence-electron chi connectivity index (χ1n) is 7.84. The Morgan fingerprint density at radius 2 is 1.96 bits per heavy atom. The number of hydrogen-bond donors (Lipinski definition) is 2. The van der Waals surface area contributed by atoms with Gasteiger partial charge in [0.15, 0.2) is 0 Å². The maximum absolute atomic E-state index is 13.0. The first-order chi connectivity index (χ1) is 11.9. The van der Waals surface area contributed by atoms with Gasteiger partial charge in [-0.3, -0.25) is 4.79 Å². The maximum Gasteiger partial charge on any atom is 0.319 e. The molecule has 130 valence electrons. The molecule has 3 rings (SSSR count). The molecular weight excluding hydrogens is 345 g/mol. The highest BCUT2D eigenvalue weighted by Gasteiger charge is 2.33. The van der Waals surface area contributed by atoms with Crippen LogP contribution in [0.1, 0.15) is 12.0 Å². The van der Waals surface area contributed by atoms with Gasteiger partial charge in [-0.15, -0.1) is 0 Å². The summed E-state index contributed by atoms with van der Waals surface area (Å²) in [5.74, 6) is -0.578. The number of anilines is 2. The molecule has 1 heterocycles. The summed E-state index contributed by atoms with van der Waals surface area (Å²) < 4.78 is 13.0. The minimum atomic E-state index is -0.621. The second-order valence-electron chi connectivity index (χ2n) is 5.87. The van der Waals surface area contributed by atoms with Gasteiger partial charge in [0.25, 0.3) is 0 Å². The quantitative estimate of drug-likeness (QED) is 0.875. The van der Waals surface area contributed by atoms with Crippen molar-refractivity contribution in [2.24, 2.45) is 0 Å². The molecule has 0 saturated carbocycles.